The summed E-state index contributed by atoms with van der Waals surface area (Å²) in [5, 5.41) is 14.3. The first-order valence-corrected chi connectivity index (χ1v) is 6.76. The molecule has 0 saturated heterocycles. The monoisotopic (exact) mass is 288 g/mol. The fourth-order valence-electron chi connectivity index (χ4n) is 1.73. The molecule has 0 aromatic rings. The van der Waals surface area contributed by atoms with E-state index in [-0.39, 0.29) is 17.9 Å². The van der Waals surface area contributed by atoms with Crippen molar-refractivity contribution < 1.29 is 19.4 Å². The highest BCUT2D eigenvalue weighted by Gasteiger charge is 2.24. The Morgan fingerprint density at radius 2 is 1.75 bits per heavy atom. The summed E-state index contributed by atoms with van der Waals surface area (Å²) in [5.74, 6) is -0.920. The quantitative estimate of drug-likeness (QED) is 0.668. The lowest BCUT2D eigenvalue weighted by molar-refractivity contribution is -0.137. The number of aliphatic carboxylic acids is 1. The number of carboxylic acid groups (broad SMARTS) is 1. The van der Waals surface area contributed by atoms with Crippen LogP contribution in [0.3, 0.4) is 0 Å². The first-order valence-electron chi connectivity index (χ1n) is 6.76. The van der Waals surface area contributed by atoms with E-state index in [4.69, 9.17) is 9.84 Å². The SMILES string of the molecule is COC(C)(C)CNC(=O)NC(CC(=O)O)CC(C)(C)C. The lowest BCUT2D eigenvalue weighted by Crippen LogP contribution is -2.48. The van der Waals surface area contributed by atoms with E-state index in [1.807, 2.05) is 34.6 Å². The van der Waals surface area contributed by atoms with Gasteiger partial charge in [0, 0.05) is 19.7 Å². The van der Waals surface area contributed by atoms with E-state index in [0.717, 1.165) is 0 Å². The van der Waals surface area contributed by atoms with E-state index in [9.17, 15) is 9.59 Å². The second-order valence-corrected chi connectivity index (χ2v) is 6.85. The smallest absolute Gasteiger partial charge is 0.315 e. The van der Waals surface area contributed by atoms with Crippen molar-refractivity contribution in [3.8, 4) is 0 Å². The second kappa shape index (κ2) is 7.47. The van der Waals surface area contributed by atoms with E-state index in [0.29, 0.717) is 13.0 Å². The molecule has 0 aromatic carbocycles. The van der Waals surface area contributed by atoms with Crippen LogP contribution in [0, 0.1) is 5.41 Å². The molecule has 1 unspecified atom stereocenters. The molecule has 6 heteroatoms. The van der Waals surface area contributed by atoms with Crippen molar-refractivity contribution in [3.63, 3.8) is 0 Å². The molecule has 6 nitrogen and oxygen atoms in total. The Balaban J connectivity index is 4.42. The summed E-state index contributed by atoms with van der Waals surface area (Å²) in [5.41, 5.74) is -0.511. The molecule has 0 aliphatic rings. The lowest BCUT2D eigenvalue weighted by Gasteiger charge is -2.27. The van der Waals surface area contributed by atoms with Gasteiger partial charge in [-0.15, -0.1) is 0 Å². The third kappa shape index (κ3) is 9.61. The predicted octanol–water partition coefficient (Wildman–Crippen LogP) is 1.99. The number of carbonyl (C=O) groups excluding carboxylic acids is 1. The van der Waals surface area contributed by atoms with Crippen molar-refractivity contribution in [3.05, 3.63) is 0 Å². The van der Waals surface area contributed by atoms with Crippen LogP contribution in [0.1, 0.15) is 47.5 Å². The highest BCUT2D eigenvalue weighted by molar-refractivity contribution is 5.75. The van der Waals surface area contributed by atoms with Crippen molar-refractivity contribution in [2.24, 2.45) is 5.41 Å². The van der Waals surface area contributed by atoms with Gasteiger partial charge in [-0.05, 0) is 25.7 Å². The van der Waals surface area contributed by atoms with Crippen LogP contribution < -0.4 is 10.6 Å². The van der Waals surface area contributed by atoms with Crippen LogP contribution in [-0.4, -0.2) is 42.4 Å². The summed E-state index contributed by atoms with van der Waals surface area (Å²) in [6.45, 7) is 10.1. The number of nitrogens with one attached hydrogen (secondary N) is 2. The average molecular weight is 288 g/mol. The van der Waals surface area contributed by atoms with Crippen LogP contribution >= 0.6 is 0 Å². The third-order valence-corrected chi connectivity index (χ3v) is 2.84. The number of carbonyl (C=O) groups is 2. The maximum Gasteiger partial charge on any atom is 0.315 e. The Bertz CT molecular complexity index is 335. The van der Waals surface area contributed by atoms with Gasteiger partial charge in [0.15, 0.2) is 0 Å². The van der Waals surface area contributed by atoms with Crippen molar-refractivity contribution in [1.29, 1.82) is 0 Å². The molecule has 3 N–H and O–H groups in total. The molecule has 0 aliphatic carbocycles. The van der Waals surface area contributed by atoms with E-state index >= 15 is 0 Å². The minimum absolute atomic E-state index is 0.0564. The van der Waals surface area contributed by atoms with Crippen LogP contribution in [0.25, 0.3) is 0 Å². The van der Waals surface area contributed by atoms with Crippen LogP contribution in [0.2, 0.25) is 0 Å². The standard InChI is InChI=1S/C14H28N2O4/c1-13(2,3)8-10(7-11(17)18)16-12(19)15-9-14(4,5)20-6/h10H,7-9H2,1-6H3,(H,17,18)(H2,15,16,19). The third-order valence-electron chi connectivity index (χ3n) is 2.84. The van der Waals surface area contributed by atoms with Crippen LogP contribution in [-0.2, 0) is 9.53 Å². The number of hydrogen-bond acceptors (Lipinski definition) is 3. The van der Waals surface area contributed by atoms with E-state index in [2.05, 4.69) is 10.6 Å². The predicted molar refractivity (Wildman–Crippen MR) is 77.7 cm³/mol. The molecular formula is C14H28N2O4. The van der Waals surface area contributed by atoms with Gasteiger partial charge in [0.2, 0.25) is 0 Å². The average Bonchev–Trinajstić information content (AvgIpc) is 2.23. The molecule has 0 heterocycles. The lowest BCUT2D eigenvalue weighted by atomic mass is 9.87. The summed E-state index contributed by atoms with van der Waals surface area (Å²) in [4.78, 5) is 22.7. The minimum Gasteiger partial charge on any atom is -0.481 e. The van der Waals surface area contributed by atoms with Crippen molar-refractivity contribution in [2.45, 2.75) is 59.1 Å². The first-order chi connectivity index (χ1) is 8.95. The molecule has 118 valence electrons. The van der Waals surface area contributed by atoms with Gasteiger partial charge in [-0.25, -0.2) is 4.79 Å². The maximum atomic E-state index is 11.8. The Hall–Kier alpha value is -1.30. The molecule has 0 saturated carbocycles. The fourth-order valence-corrected chi connectivity index (χ4v) is 1.73. The zero-order chi connectivity index (χ0) is 16.0. The van der Waals surface area contributed by atoms with Gasteiger partial charge in [-0.1, -0.05) is 20.8 Å². The topological polar surface area (TPSA) is 87.7 Å². The number of hydrogen-bond donors (Lipinski definition) is 3. The van der Waals surface area contributed by atoms with Gasteiger partial charge in [0.1, 0.15) is 0 Å². The van der Waals surface area contributed by atoms with Gasteiger partial charge in [-0.2, -0.15) is 0 Å². The van der Waals surface area contributed by atoms with E-state index < -0.39 is 17.6 Å². The summed E-state index contributed by atoms with van der Waals surface area (Å²) >= 11 is 0. The zero-order valence-electron chi connectivity index (χ0n) is 13.4. The number of amides is 2. The van der Waals surface area contributed by atoms with Crippen LogP contribution in [0.5, 0.6) is 0 Å². The first kappa shape index (κ1) is 18.7. The molecule has 2 amide bonds. The molecule has 0 radical (unpaired) electrons. The Morgan fingerprint density at radius 3 is 2.15 bits per heavy atom. The van der Waals surface area contributed by atoms with E-state index in [1.54, 1.807) is 7.11 Å². The van der Waals surface area contributed by atoms with Crippen molar-refractivity contribution in [1.82, 2.24) is 10.6 Å². The summed E-state index contributed by atoms with van der Waals surface area (Å²) in [7, 11) is 1.58. The molecule has 0 fully saturated rings. The van der Waals surface area contributed by atoms with Gasteiger partial charge in [0.05, 0.1) is 12.0 Å². The zero-order valence-corrected chi connectivity index (χ0v) is 13.4. The van der Waals surface area contributed by atoms with Crippen LogP contribution in [0.15, 0.2) is 0 Å². The van der Waals surface area contributed by atoms with Gasteiger partial charge in [0.25, 0.3) is 0 Å². The number of urea groups is 1. The molecule has 0 rings (SSSR count). The Labute approximate surface area is 121 Å². The Kier molecular flexibility index (Phi) is 6.99. The number of ether oxygens (including phenoxy) is 1. The number of methoxy groups -OCH3 is 1. The largest absolute Gasteiger partial charge is 0.481 e. The summed E-state index contributed by atoms with van der Waals surface area (Å²) < 4.78 is 5.20. The van der Waals surface area contributed by atoms with Crippen molar-refractivity contribution >= 4 is 12.0 Å². The molecular weight excluding hydrogens is 260 g/mol. The van der Waals surface area contributed by atoms with Gasteiger partial charge >= 0.3 is 12.0 Å². The van der Waals surface area contributed by atoms with Crippen LogP contribution in [0.4, 0.5) is 4.79 Å². The number of rotatable bonds is 7. The highest BCUT2D eigenvalue weighted by atomic mass is 16.5. The normalized spacial score (nSPS) is 13.7. The summed E-state index contributed by atoms with van der Waals surface area (Å²) in [6, 6.07) is -0.760. The molecule has 0 aliphatic heterocycles. The summed E-state index contributed by atoms with van der Waals surface area (Å²) in [6.07, 6.45) is 0.513. The Morgan fingerprint density at radius 1 is 1.20 bits per heavy atom. The van der Waals surface area contributed by atoms with Gasteiger partial charge in [-0.3, -0.25) is 4.79 Å². The minimum atomic E-state index is -0.920. The highest BCUT2D eigenvalue weighted by Crippen LogP contribution is 2.22. The second-order valence-electron chi connectivity index (χ2n) is 6.85. The van der Waals surface area contributed by atoms with Crippen molar-refractivity contribution in [2.75, 3.05) is 13.7 Å². The van der Waals surface area contributed by atoms with E-state index in [1.165, 1.54) is 0 Å². The fraction of sp³-hybridized carbons (Fsp3) is 0.857. The van der Waals surface area contributed by atoms with Gasteiger partial charge < -0.3 is 20.5 Å². The maximum absolute atomic E-state index is 11.8. The number of carboxylic acids is 1. The molecule has 0 aromatic heterocycles. The molecule has 0 bridgehead atoms. The molecule has 0 spiro atoms. The molecule has 20 heavy (non-hydrogen) atoms. The molecule has 1 atom stereocenters.